The number of pyridine rings is 1. The Morgan fingerprint density at radius 3 is 2.64 bits per heavy atom. The molecule has 2 atom stereocenters. The third-order valence-electron chi connectivity index (χ3n) is 6.03. The molecule has 0 spiro atoms. The molecule has 1 aliphatic rings. The van der Waals surface area contributed by atoms with Gasteiger partial charge < -0.3 is 24.3 Å². The predicted octanol–water partition coefficient (Wildman–Crippen LogP) is 5.87. The van der Waals surface area contributed by atoms with E-state index in [-0.39, 0.29) is 17.9 Å². The molecule has 1 N–H and O–H groups in total. The van der Waals surface area contributed by atoms with Crippen molar-refractivity contribution in [3.05, 3.63) is 107 Å². The van der Waals surface area contributed by atoms with Crippen LogP contribution in [0.4, 0.5) is 10.1 Å². The highest BCUT2D eigenvalue weighted by Gasteiger charge is 2.42. The zero-order valence-electron chi connectivity index (χ0n) is 19.5. The summed E-state index contributed by atoms with van der Waals surface area (Å²) in [4.78, 5) is 6.58. The van der Waals surface area contributed by atoms with Crippen LogP contribution in [0.3, 0.4) is 0 Å². The molecule has 6 nitrogen and oxygen atoms in total. The summed E-state index contributed by atoms with van der Waals surface area (Å²) in [6.07, 6.45) is 3.60. The van der Waals surface area contributed by atoms with E-state index in [1.165, 1.54) is 6.07 Å². The van der Waals surface area contributed by atoms with Crippen molar-refractivity contribution in [3.8, 4) is 11.4 Å². The van der Waals surface area contributed by atoms with Gasteiger partial charge in [0, 0.05) is 30.9 Å². The third-order valence-corrected chi connectivity index (χ3v) is 6.64. The number of benzene rings is 2. The molecular weight excluding hydrogens is 499 g/mol. The highest BCUT2D eigenvalue weighted by molar-refractivity contribution is 7.80. The number of anilines is 1. The largest absolute Gasteiger partial charge is 0.490 e. The number of ether oxygens (including phenoxy) is 2. The molecular formula is C27H24ClFN4O2S. The number of methoxy groups -OCH3 is 1. The van der Waals surface area contributed by atoms with E-state index < -0.39 is 0 Å². The molecule has 0 bridgehead atoms. The molecule has 1 aliphatic heterocycles. The van der Waals surface area contributed by atoms with Crippen LogP contribution in [0.1, 0.15) is 23.5 Å². The third kappa shape index (κ3) is 4.67. The van der Waals surface area contributed by atoms with Crippen molar-refractivity contribution in [2.45, 2.75) is 12.1 Å². The summed E-state index contributed by atoms with van der Waals surface area (Å²) in [6.45, 7) is 0.846. The van der Waals surface area contributed by atoms with Crippen LogP contribution in [0.2, 0.25) is 5.02 Å². The van der Waals surface area contributed by atoms with Gasteiger partial charge in [0.05, 0.1) is 29.1 Å². The minimum Gasteiger partial charge on any atom is -0.490 e. The van der Waals surface area contributed by atoms with Gasteiger partial charge in [-0.3, -0.25) is 4.98 Å². The number of halogens is 2. The van der Waals surface area contributed by atoms with Crippen molar-refractivity contribution < 1.29 is 13.9 Å². The summed E-state index contributed by atoms with van der Waals surface area (Å²) in [6, 6.07) is 21.3. The number of hydrogen-bond acceptors (Lipinski definition) is 4. The van der Waals surface area contributed by atoms with Gasteiger partial charge in [-0.15, -0.1) is 0 Å². The zero-order chi connectivity index (χ0) is 25.1. The van der Waals surface area contributed by atoms with Crippen molar-refractivity contribution >= 4 is 34.6 Å². The van der Waals surface area contributed by atoms with Crippen LogP contribution < -0.4 is 15.0 Å². The average Bonchev–Trinajstić information content (AvgIpc) is 3.50. The Balaban J connectivity index is 1.59. The van der Waals surface area contributed by atoms with E-state index in [0.717, 1.165) is 17.1 Å². The number of nitrogens with zero attached hydrogens (tertiary/aromatic N) is 3. The van der Waals surface area contributed by atoms with E-state index in [9.17, 15) is 4.39 Å². The van der Waals surface area contributed by atoms with E-state index in [2.05, 4.69) is 10.3 Å². The number of nitrogens with one attached hydrogen (secondary N) is 1. The second kappa shape index (κ2) is 10.7. The van der Waals surface area contributed by atoms with Crippen molar-refractivity contribution in [2.75, 3.05) is 25.2 Å². The molecule has 1 saturated heterocycles. The first kappa shape index (κ1) is 24.2. The van der Waals surface area contributed by atoms with Crippen LogP contribution in [0, 0.1) is 5.82 Å². The smallest absolute Gasteiger partial charge is 0.174 e. The van der Waals surface area contributed by atoms with E-state index in [4.69, 9.17) is 33.3 Å². The lowest BCUT2D eigenvalue weighted by Gasteiger charge is -2.29. The van der Waals surface area contributed by atoms with Gasteiger partial charge in [-0.2, -0.15) is 0 Å². The molecule has 1 fully saturated rings. The fourth-order valence-electron chi connectivity index (χ4n) is 4.43. The summed E-state index contributed by atoms with van der Waals surface area (Å²) in [5, 5.41) is 4.39. The monoisotopic (exact) mass is 522 g/mol. The summed E-state index contributed by atoms with van der Waals surface area (Å²) < 4.78 is 27.5. The Hall–Kier alpha value is -3.46. The number of rotatable bonds is 8. The van der Waals surface area contributed by atoms with Gasteiger partial charge in [-0.05, 0) is 66.8 Å². The molecule has 0 amide bonds. The van der Waals surface area contributed by atoms with Gasteiger partial charge in [0.25, 0.3) is 0 Å². The average molecular weight is 523 g/mol. The second-order valence-electron chi connectivity index (χ2n) is 8.21. The van der Waals surface area contributed by atoms with Crippen molar-refractivity contribution in [3.63, 3.8) is 0 Å². The topological polar surface area (TPSA) is 51.6 Å². The zero-order valence-corrected chi connectivity index (χ0v) is 21.0. The lowest BCUT2D eigenvalue weighted by atomic mass is 10.0. The highest BCUT2D eigenvalue weighted by Crippen LogP contribution is 2.43. The Morgan fingerprint density at radius 1 is 1.06 bits per heavy atom. The Labute approximate surface area is 219 Å². The van der Waals surface area contributed by atoms with E-state index in [1.54, 1.807) is 25.4 Å². The van der Waals surface area contributed by atoms with Gasteiger partial charge >= 0.3 is 0 Å². The standard InChI is InChI=1S/C27H24ClFN4O2S/c1-34-15-16-35-24-12-11-18(17-19(24)28)33-26(25(31-27(33)36)21-8-4-5-13-30-21)23-10-6-14-32(23)22-9-3-2-7-20(22)29/h2-14,17,25-26H,15-16H2,1H3,(H,31,36)/t25-,26-/m0/s1. The first-order valence-electron chi connectivity index (χ1n) is 11.4. The minimum absolute atomic E-state index is 0.282. The Morgan fingerprint density at radius 2 is 1.89 bits per heavy atom. The maximum absolute atomic E-state index is 14.8. The number of thiocarbonyl (C=S) groups is 1. The molecule has 0 unspecified atom stereocenters. The van der Waals surface area contributed by atoms with E-state index in [0.29, 0.717) is 34.8 Å². The molecule has 2 aromatic carbocycles. The SMILES string of the molecule is COCCOc1ccc(N2C(=S)N[C@@H](c3ccccn3)[C@@H]2c2cccn2-c2ccccc2F)cc1Cl. The molecule has 36 heavy (non-hydrogen) atoms. The highest BCUT2D eigenvalue weighted by atomic mass is 35.5. The van der Waals surface area contributed by atoms with E-state index in [1.807, 2.05) is 70.3 Å². The number of aromatic nitrogens is 2. The molecule has 5 rings (SSSR count). The lowest BCUT2D eigenvalue weighted by Crippen LogP contribution is -2.30. The van der Waals surface area contributed by atoms with Gasteiger partial charge in [-0.1, -0.05) is 29.8 Å². The minimum atomic E-state index is -0.335. The van der Waals surface area contributed by atoms with Gasteiger partial charge in [0.2, 0.25) is 0 Å². The first-order chi connectivity index (χ1) is 17.6. The van der Waals surface area contributed by atoms with Crippen LogP contribution in [0.15, 0.2) is 85.2 Å². The summed E-state index contributed by atoms with van der Waals surface area (Å²) in [7, 11) is 1.62. The summed E-state index contributed by atoms with van der Waals surface area (Å²) >= 11 is 12.4. The molecule has 9 heteroatoms. The molecule has 184 valence electrons. The first-order valence-corrected chi connectivity index (χ1v) is 12.2. The Kier molecular flexibility index (Phi) is 7.18. The van der Waals surface area contributed by atoms with Crippen LogP contribution in [0.25, 0.3) is 5.69 Å². The van der Waals surface area contributed by atoms with Gasteiger partial charge in [0.1, 0.15) is 24.2 Å². The van der Waals surface area contributed by atoms with Crippen LogP contribution in [0.5, 0.6) is 5.75 Å². The van der Waals surface area contributed by atoms with Gasteiger partial charge in [0.15, 0.2) is 5.11 Å². The lowest BCUT2D eigenvalue weighted by molar-refractivity contribution is 0.146. The van der Waals surface area contributed by atoms with E-state index >= 15 is 0 Å². The maximum atomic E-state index is 14.8. The summed E-state index contributed by atoms with van der Waals surface area (Å²) in [5.41, 5.74) is 2.90. The fourth-order valence-corrected chi connectivity index (χ4v) is 5.00. The predicted molar refractivity (Wildman–Crippen MR) is 142 cm³/mol. The van der Waals surface area contributed by atoms with Crippen molar-refractivity contribution in [1.29, 1.82) is 0 Å². The normalized spacial score (nSPS) is 17.3. The molecule has 4 aromatic rings. The van der Waals surface area contributed by atoms with Gasteiger partial charge in [-0.25, -0.2) is 4.39 Å². The molecule has 0 saturated carbocycles. The van der Waals surface area contributed by atoms with Crippen LogP contribution in [-0.4, -0.2) is 35.0 Å². The van der Waals surface area contributed by atoms with Crippen molar-refractivity contribution in [2.24, 2.45) is 0 Å². The maximum Gasteiger partial charge on any atom is 0.174 e. The quantitative estimate of drug-likeness (QED) is 0.231. The van der Waals surface area contributed by atoms with Crippen LogP contribution >= 0.6 is 23.8 Å². The molecule has 2 aromatic heterocycles. The molecule has 0 radical (unpaired) electrons. The molecule has 3 heterocycles. The fraction of sp³-hybridized carbons (Fsp3) is 0.185. The van der Waals surface area contributed by atoms with Crippen molar-refractivity contribution in [1.82, 2.24) is 14.9 Å². The number of para-hydroxylation sites is 1. The Bertz CT molecular complexity index is 1370. The second-order valence-corrected chi connectivity index (χ2v) is 9.00. The summed E-state index contributed by atoms with van der Waals surface area (Å²) in [5.74, 6) is 0.244. The van der Waals surface area contributed by atoms with Crippen LogP contribution in [-0.2, 0) is 4.74 Å². The molecule has 0 aliphatic carbocycles. The number of hydrogen-bond donors (Lipinski definition) is 1.